The van der Waals surface area contributed by atoms with Gasteiger partial charge in [-0.25, -0.2) is 0 Å². The Morgan fingerprint density at radius 2 is 2.00 bits per heavy atom. The van der Waals surface area contributed by atoms with Crippen LogP contribution in [-0.4, -0.2) is 29.9 Å². The third-order valence-electron chi connectivity index (χ3n) is 3.43. The molecule has 0 aliphatic carbocycles. The quantitative estimate of drug-likeness (QED) is 0.768. The number of nitrogens with one attached hydrogen (secondary N) is 1. The van der Waals surface area contributed by atoms with Gasteiger partial charge in [0.25, 0.3) is 0 Å². The molecule has 4 heteroatoms. The van der Waals surface area contributed by atoms with E-state index in [4.69, 9.17) is 5.73 Å². The zero-order valence-electron chi connectivity index (χ0n) is 12.9. The Morgan fingerprint density at radius 3 is 2.60 bits per heavy atom. The molecule has 1 aromatic rings. The van der Waals surface area contributed by atoms with Crippen LogP contribution in [0.5, 0.6) is 0 Å². The lowest BCUT2D eigenvalue weighted by atomic mass is 10.1. The maximum atomic E-state index is 11.9. The number of carbonyl (C=O) groups excluding carboxylic acids is 1. The summed E-state index contributed by atoms with van der Waals surface area (Å²) in [5.41, 5.74) is 7.85. The third-order valence-corrected chi connectivity index (χ3v) is 3.43. The number of hydrogen-bond donors (Lipinski definition) is 2. The fraction of sp³-hybridized carbons (Fsp3) is 0.562. The van der Waals surface area contributed by atoms with Crippen LogP contribution in [0.3, 0.4) is 0 Å². The van der Waals surface area contributed by atoms with Crippen LogP contribution < -0.4 is 11.1 Å². The Hall–Kier alpha value is -1.39. The number of rotatable bonds is 8. The smallest absolute Gasteiger partial charge is 0.241 e. The predicted octanol–water partition coefficient (Wildman–Crippen LogP) is 2.59. The first kappa shape index (κ1) is 16.7. The molecule has 112 valence electrons. The van der Waals surface area contributed by atoms with Gasteiger partial charge >= 0.3 is 0 Å². The monoisotopic (exact) mass is 277 g/mol. The third kappa shape index (κ3) is 5.31. The number of hydrogen-bond acceptors (Lipinski definition) is 3. The molecule has 4 nitrogen and oxygen atoms in total. The molecule has 0 saturated carbocycles. The molecule has 20 heavy (non-hydrogen) atoms. The average Bonchev–Trinajstić information content (AvgIpc) is 2.45. The zero-order valence-corrected chi connectivity index (χ0v) is 12.9. The van der Waals surface area contributed by atoms with Crippen molar-refractivity contribution in [1.82, 2.24) is 4.90 Å². The van der Waals surface area contributed by atoms with E-state index in [0.29, 0.717) is 6.42 Å². The van der Waals surface area contributed by atoms with Crippen LogP contribution in [0, 0.1) is 0 Å². The van der Waals surface area contributed by atoms with Gasteiger partial charge in [0.15, 0.2) is 0 Å². The largest absolute Gasteiger partial charge is 0.325 e. The van der Waals surface area contributed by atoms with Gasteiger partial charge in [0, 0.05) is 12.2 Å². The Labute approximate surface area is 122 Å². The van der Waals surface area contributed by atoms with Crippen LogP contribution in [0.4, 0.5) is 5.69 Å². The summed E-state index contributed by atoms with van der Waals surface area (Å²) in [4.78, 5) is 14.2. The molecule has 0 aromatic heterocycles. The van der Waals surface area contributed by atoms with Gasteiger partial charge in [0.05, 0.1) is 6.04 Å². The maximum absolute atomic E-state index is 11.9. The highest BCUT2D eigenvalue weighted by molar-refractivity contribution is 5.94. The van der Waals surface area contributed by atoms with E-state index < -0.39 is 6.04 Å². The fourth-order valence-corrected chi connectivity index (χ4v) is 2.13. The minimum absolute atomic E-state index is 0.105. The first-order valence-corrected chi connectivity index (χ1v) is 7.48. The molecule has 0 fully saturated rings. The van der Waals surface area contributed by atoms with Crippen LogP contribution >= 0.6 is 0 Å². The number of amides is 1. The summed E-state index contributed by atoms with van der Waals surface area (Å²) >= 11 is 0. The van der Waals surface area contributed by atoms with Crippen molar-refractivity contribution in [1.29, 1.82) is 0 Å². The zero-order chi connectivity index (χ0) is 15.0. The molecule has 0 aliphatic rings. The summed E-state index contributed by atoms with van der Waals surface area (Å²) in [6, 6.07) is 7.56. The van der Waals surface area contributed by atoms with Crippen molar-refractivity contribution in [3.8, 4) is 0 Å². The predicted molar refractivity (Wildman–Crippen MR) is 84.6 cm³/mol. The normalized spacial score (nSPS) is 12.4. The second kappa shape index (κ2) is 8.72. The molecule has 1 atom stereocenters. The second-order valence-electron chi connectivity index (χ2n) is 5.05. The first-order chi connectivity index (χ1) is 9.60. The number of carbonyl (C=O) groups is 1. The lowest BCUT2D eigenvalue weighted by Gasteiger charge is -2.18. The average molecular weight is 277 g/mol. The minimum atomic E-state index is -0.425. The summed E-state index contributed by atoms with van der Waals surface area (Å²) in [6.45, 7) is 9.27. The molecular weight excluding hydrogens is 250 g/mol. The molecule has 3 N–H and O–H groups in total. The van der Waals surface area contributed by atoms with Gasteiger partial charge < -0.3 is 11.1 Å². The number of benzene rings is 1. The molecule has 0 aliphatic heterocycles. The van der Waals surface area contributed by atoms with Crippen molar-refractivity contribution in [2.45, 2.75) is 46.2 Å². The van der Waals surface area contributed by atoms with E-state index in [2.05, 4.69) is 30.1 Å². The molecule has 1 aromatic carbocycles. The Morgan fingerprint density at radius 1 is 1.30 bits per heavy atom. The maximum Gasteiger partial charge on any atom is 0.241 e. The van der Waals surface area contributed by atoms with E-state index in [1.165, 1.54) is 5.56 Å². The highest BCUT2D eigenvalue weighted by Crippen LogP contribution is 2.13. The summed E-state index contributed by atoms with van der Waals surface area (Å²) in [5.74, 6) is -0.105. The minimum Gasteiger partial charge on any atom is -0.325 e. The SMILES string of the molecule is CCC[C@H](N)C(=O)Nc1cccc(CN(CC)CC)c1. The van der Waals surface area contributed by atoms with Gasteiger partial charge in [0.2, 0.25) is 5.91 Å². The number of nitrogens with two attached hydrogens (primary N) is 1. The molecule has 0 saturated heterocycles. The van der Waals surface area contributed by atoms with E-state index in [0.717, 1.165) is 31.7 Å². The van der Waals surface area contributed by atoms with Crippen molar-refractivity contribution in [2.75, 3.05) is 18.4 Å². The van der Waals surface area contributed by atoms with Crippen LogP contribution in [0.2, 0.25) is 0 Å². The van der Waals surface area contributed by atoms with Crippen molar-refractivity contribution >= 4 is 11.6 Å². The molecule has 0 heterocycles. The number of anilines is 1. The molecule has 1 amide bonds. The van der Waals surface area contributed by atoms with E-state index in [-0.39, 0.29) is 5.91 Å². The van der Waals surface area contributed by atoms with Crippen molar-refractivity contribution in [3.63, 3.8) is 0 Å². The standard InChI is InChI=1S/C16H27N3O/c1-4-8-15(17)16(20)18-14-10-7-9-13(11-14)12-19(5-2)6-3/h7,9-11,15H,4-6,8,12,17H2,1-3H3,(H,18,20)/t15-/m0/s1. The van der Waals surface area contributed by atoms with Crippen LogP contribution in [0.25, 0.3) is 0 Å². The van der Waals surface area contributed by atoms with Crippen LogP contribution in [0.15, 0.2) is 24.3 Å². The molecular formula is C16H27N3O. The van der Waals surface area contributed by atoms with Gasteiger partial charge in [-0.1, -0.05) is 39.3 Å². The van der Waals surface area contributed by atoms with Crippen LogP contribution in [-0.2, 0) is 11.3 Å². The Kier molecular flexibility index (Phi) is 7.26. The van der Waals surface area contributed by atoms with E-state index in [9.17, 15) is 4.79 Å². The van der Waals surface area contributed by atoms with Crippen LogP contribution in [0.1, 0.15) is 39.2 Å². The molecule has 0 unspecified atom stereocenters. The molecule has 0 radical (unpaired) electrons. The fourth-order valence-electron chi connectivity index (χ4n) is 2.13. The summed E-state index contributed by atoms with van der Waals surface area (Å²) in [7, 11) is 0. The van der Waals surface area contributed by atoms with E-state index in [1.807, 2.05) is 25.1 Å². The highest BCUT2D eigenvalue weighted by Gasteiger charge is 2.12. The summed E-state index contributed by atoms with van der Waals surface area (Å²) in [6.07, 6.45) is 1.63. The van der Waals surface area contributed by atoms with Gasteiger partial charge in [-0.15, -0.1) is 0 Å². The molecule has 1 rings (SSSR count). The lowest BCUT2D eigenvalue weighted by molar-refractivity contribution is -0.117. The van der Waals surface area contributed by atoms with Crippen molar-refractivity contribution in [2.24, 2.45) is 5.73 Å². The summed E-state index contributed by atoms with van der Waals surface area (Å²) in [5, 5.41) is 2.89. The first-order valence-electron chi connectivity index (χ1n) is 7.48. The Bertz CT molecular complexity index is 416. The molecule has 0 spiro atoms. The van der Waals surface area contributed by atoms with E-state index >= 15 is 0 Å². The Balaban J connectivity index is 2.66. The van der Waals surface area contributed by atoms with E-state index in [1.54, 1.807) is 0 Å². The van der Waals surface area contributed by atoms with Gasteiger partial charge in [-0.3, -0.25) is 9.69 Å². The number of nitrogens with zero attached hydrogens (tertiary/aromatic N) is 1. The van der Waals surface area contributed by atoms with Gasteiger partial charge in [-0.05, 0) is 37.2 Å². The topological polar surface area (TPSA) is 58.4 Å². The molecule has 0 bridgehead atoms. The van der Waals surface area contributed by atoms with Crippen molar-refractivity contribution in [3.05, 3.63) is 29.8 Å². The summed E-state index contributed by atoms with van der Waals surface area (Å²) < 4.78 is 0. The van der Waals surface area contributed by atoms with Crippen molar-refractivity contribution < 1.29 is 4.79 Å². The highest BCUT2D eigenvalue weighted by atomic mass is 16.2. The van der Waals surface area contributed by atoms with Gasteiger partial charge in [0.1, 0.15) is 0 Å². The van der Waals surface area contributed by atoms with Gasteiger partial charge in [-0.2, -0.15) is 0 Å². The second-order valence-corrected chi connectivity index (χ2v) is 5.05. The lowest BCUT2D eigenvalue weighted by Crippen LogP contribution is -2.35.